The van der Waals surface area contributed by atoms with E-state index in [1.807, 2.05) is 34.0 Å². The van der Waals surface area contributed by atoms with Crippen LogP contribution in [-0.4, -0.2) is 178 Å². The van der Waals surface area contributed by atoms with E-state index in [9.17, 15) is 0 Å². The van der Waals surface area contributed by atoms with Gasteiger partial charge in [0.2, 0.25) is 0 Å². The van der Waals surface area contributed by atoms with Gasteiger partial charge >= 0.3 is 0 Å². The normalized spacial score (nSPS) is 17.3. The first-order valence-corrected chi connectivity index (χ1v) is 55.9. The number of thiophene rings is 3. The minimum atomic E-state index is 0.169. The molecule has 9 heterocycles. The number of nitrogens with one attached hydrogen (secondary N) is 2. The Kier molecular flexibility index (Phi) is 27.9. The highest BCUT2D eigenvalue weighted by atomic mass is 32.1. The minimum absolute atomic E-state index is 0.169. The number of aryl methyl sites for hydroxylation is 18. The summed E-state index contributed by atoms with van der Waals surface area (Å²) in [5, 5.41) is 19.2. The molecule has 7 aliphatic rings. The predicted octanol–water partition coefficient (Wildman–Crippen LogP) is 30.1. The van der Waals surface area contributed by atoms with E-state index in [1.54, 1.807) is 33.4 Å². The molecule has 0 amide bonds. The third-order valence-electron chi connectivity index (χ3n) is 35.4. The van der Waals surface area contributed by atoms with Gasteiger partial charge in [0, 0.05) is 168 Å². The molecule has 0 spiro atoms. The second kappa shape index (κ2) is 40.0. The highest BCUT2D eigenvalue weighted by Crippen LogP contribution is 2.59. The van der Waals surface area contributed by atoms with Crippen LogP contribution < -0.4 is 10.7 Å². The van der Waals surface area contributed by atoms with E-state index in [0.29, 0.717) is 0 Å². The van der Waals surface area contributed by atoms with Crippen LogP contribution in [0.15, 0.2) is 153 Å². The molecule has 10 nitrogen and oxygen atoms in total. The number of aromatic amines is 2. The summed E-state index contributed by atoms with van der Waals surface area (Å²) in [6.07, 6.45) is 10.7. The smallest absolute Gasteiger partial charge is 0.0774 e. The maximum absolute atomic E-state index is 5.13. The molecule has 1 fully saturated rings. The van der Waals surface area contributed by atoms with Gasteiger partial charge in [-0.1, -0.05) is 72.8 Å². The zero-order valence-corrected chi connectivity index (χ0v) is 95.8. The average molecular weight is 1990 g/mol. The fraction of sp³-hybridized carbons (Fsp3) is 0.368. The predicted molar refractivity (Wildman–Crippen MR) is 640 cm³/mol. The quantitative estimate of drug-likeness (QED) is 0.147. The molecule has 146 heavy (non-hydrogen) atoms. The van der Waals surface area contributed by atoms with Crippen LogP contribution in [0.25, 0.3) is 138 Å². The second-order valence-corrected chi connectivity index (χ2v) is 48.6. The number of aromatic nitrogens is 2. The van der Waals surface area contributed by atoms with Crippen molar-refractivity contribution >= 4 is 150 Å². The first-order chi connectivity index (χ1) is 69.5. The first kappa shape index (κ1) is 102. The fourth-order valence-electron chi connectivity index (χ4n) is 23.4. The molecule has 0 radical (unpaired) electrons. The number of allylic oxidation sites excluding steroid dienone is 4. The van der Waals surface area contributed by atoms with Gasteiger partial charge in [-0.2, -0.15) is 0 Å². The van der Waals surface area contributed by atoms with Crippen LogP contribution in [0.4, 0.5) is 0 Å². The van der Waals surface area contributed by atoms with Crippen molar-refractivity contribution in [3.63, 3.8) is 0 Å². The number of likely N-dealkylation sites (N-methyl/N-ethyl adjacent to an activating group) is 6. The molecule has 4 aliphatic heterocycles. The van der Waals surface area contributed by atoms with Crippen molar-refractivity contribution in [3.05, 3.63) is 321 Å². The number of H-pyrrole nitrogens is 2. The van der Waals surface area contributed by atoms with Crippen molar-refractivity contribution in [2.24, 2.45) is 9.98 Å². The van der Waals surface area contributed by atoms with Gasteiger partial charge in [-0.05, 0) is 540 Å². The highest BCUT2D eigenvalue weighted by Gasteiger charge is 2.39. The summed E-state index contributed by atoms with van der Waals surface area (Å²) >= 11 is 5.96. The van der Waals surface area contributed by atoms with Crippen LogP contribution in [0, 0.1) is 152 Å². The van der Waals surface area contributed by atoms with E-state index in [1.165, 1.54) is 282 Å². The molecule has 17 aromatic rings. The lowest BCUT2D eigenvalue weighted by molar-refractivity contribution is 0.181. The first-order valence-electron chi connectivity index (χ1n) is 53.4. The Bertz CT molecular complexity index is 7840. The Morgan fingerprint density at radius 3 is 0.849 bits per heavy atom. The van der Waals surface area contributed by atoms with Gasteiger partial charge in [0.25, 0.3) is 0 Å². The molecule has 8 bridgehead atoms. The minimum Gasteiger partial charge on any atom is -0.358 e. The third-order valence-corrected chi connectivity index (χ3v) is 38.9. The van der Waals surface area contributed by atoms with Gasteiger partial charge in [-0.25, -0.2) is 4.99 Å². The van der Waals surface area contributed by atoms with Crippen LogP contribution >= 0.6 is 34.0 Å². The van der Waals surface area contributed by atoms with E-state index in [2.05, 4.69) is 389 Å². The summed E-state index contributed by atoms with van der Waals surface area (Å²) in [5.74, 6) is 0. The largest absolute Gasteiger partial charge is 0.358 e. The Morgan fingerprint density at radius 1 is 0.267 bits per heavy atom. The van der Waals surface area contributed by atoms with Crippen molar-refractivity contribution in [1.29, 1.82) is 0 Å². The Hall–Kier alpha value is -11.3. The van der Waals surface area contributed by atoms with Gasteiger partial charge in [0.1, 0.15) is 0 Å². The standard InChI is InChI=1S/C33H30.C30H24S3.C28H32N4.C24H24.C18H42N6/c1-16-7-22-13-28-31(25(22)10-19(16)4)29-14-23-8-17(2)21(6)12-27(23)33(29)30-15-24-9-18(3)20(5)11-26(24)32(28)30;1-13-7-19-22(10-16(13)4)31-28-25(19)29-27(20-8-14(2)17(5)11-23(20)32-29)30-26(28)21-9-15(3)18(6)12-24(21)33-30;1-13-14(2)22-10-24-17(5)18(6)26(31-24)12-28-20(8)19(7)27(32-28)11-25-16(4)15(3)23(30-25)9-21(13)29-22;1-13-7-19-20(8-14(13)2)22-10-16(4)18(6)12-24(22)23-11-17(5)15(3)9-21(19)23;1-19-7-9-20(2)11-13-22(4)15-17-24(6)18-16-23(5)14-12-21(3)10-8-19/h7-12H,13-15H2,1-6H3;7-12H,1-6H3;9-11,26,30,32H,12H2,1-8H3;7-12H,1-6H3;7-18H2,1-6H3/b;;22-10-,23-9?,25-11-;;. The van der Waals surface area contributed by atoms with Gasteiger partial charge in [-0.3, -0.25) is 4.99 Å². The number of benzene rings is 12. The van der Waals surface area contributed by atoms with Crippen LogP contribution in [-0.2, 0) is 25.7 Å². The van der Waals surface area contributed by atoms with Gasteiger partial charge in [-0.15, -0.1) is 34.0 Å². The highest BCUT2D eigenvalue weighted by molar-refractivity contribution is 7.34. The van der Waals surface area contributed by atoms with Crippen LogP contribution in [0.1, 0.15) is 195 Å². The molecule has 3 aliphatic carbocycles. The van der Waals surface area contributed by atoms with Crippen LogP contribution in [0.5, 0.6) is 0 Å². The summed E-state index contributed by atoms with van der Waals surface area (Å²) < 4.78 is 8.63. The van der Waals surface area contributed by atoms with E-state index in [-0.39, 0.29) is 6.04 Å². The number of hydrogen-bond acceptors (Lipinski definition) is 11. The lowest BCUT2D eigenvalue weighted by atomic mass is 9.86. The molecule has 2 N–H and O–H groups in total. The van der Waals surface area contributed by atoms with E-state index >= 15 is 0 Å². The Morgan fingerprint density at radius 2 is 0.541 bits per heavy atom. The Balaban J connectivity index is 0.000000112. The number of hydrogen-bond donors (Lipinski definition) is 2. The molecule has 24 rings (SSSR count). The molecule has 0 saturated carbocycles. The number of fused-ring (bicyclic) bond motifs is 36. The van der Waals surface area contributed by atoms with Gasteiger partial charge in [0.15, 0.2) is 0 Å². The molecular formula is C133H152N10S3. The van der Waals surface area contributed by atoms with Crippen molar-refractivity contribution in [2.75, 3.05) is 121 Å². The summed E-state index contributed by atoms with van der Waals surface area (Å²) in [6.45, 7) is 71.7. The van der Waals surface area contributed by atoms with Crippen LogP contribution in [0.3, 0.4) is 0 Å². The number of nitrogens with zero attached hydrogens (tertiary/aromatic N) is 8. The topological polar surface area (TPSA) is 75.7 Å². The summed E-state index contributed by atoms with van der Waals surface area (Å²) in [7, 11) is 13.5. The molecule has 1 atom stereocenters. The molecule has 752 valence electrons. The summed E-state index contributed by atoms with van der Waals surface area (Å²) in [4.78, 5) is 32.2. The average Bonchev–Trinajstić information content (AvgIpc) is 1.52. The zero-order chi connectivity index (χ0) is 104. The molecule has 1 unspecified atom stereocenters. The molecule has 13 heteroatoms. The Labute approximate surface area is 880 Å². The van der Waals surface area contributed by atoms with E-state index in [4.69, 9.17) is 9.98 Å². The van der Waals surface area contributed by atoms with Crippen molar-refractivity contribution in [3.8, 4) is 33.4 Å². The lowest BCUT2D eigenvalue weighted by Gasteiger charge is -2.28. The number of rotatable bonds is 0. The second-order valence-electron chi connectivity index (χ2n) is 45.4. The fourth-order valence-corrected chi connectivity index (χ4v) is 27.7. The lowest BCUT2D eigenvalue weighted by Crippen LogP contribution is -2.42. The van der Waals surface area contributed by atoms with E-state index < -0.39 is 0 Å². The van der Waals surface area contributed by atoms with Crippen molar-refractivity contribution in [2.45, 2.75) is 212 Å². The van der Waals surface area contributed by atoms with Crippen molar-refractivity contribution in [1.82, 2.24) is 39.4 Å². The maximum Gasteiger partial charge on any atom is 0.0774 e. The molecule has 5 aromatic heterocycles. The van der Waals surface area contributed by atoms with Crippen molar-refractivity contribution < 1.29 is 0 Å². The van der Waals surface area contributed by atoms with Gasteiger partial charge in [0.05, 0.1) is 23.2 Å². The van der Waals surface area contributed by atoms with Gasteiger partial charge < -0.3 is 39.4 Å². The SMILES string of the molecule is CC1=C(C)/C2=C/C3=NC(Cc4[nH]c(c(C)c4C)/C=c4\[nH]c(c(C)c4C)=CC1=N2)C(C)=C3C.CN1CCN(C)CCN(C)CCN(C)CCN(C)CCN(C)CC1.Cc1cc2c(cc1C)-c1c(c3c(c4c1Cc1cc(C)c(C)cc1-4)Cc1cc(C)c(C)cc1-3)C2.Cc1cc2c3cc(C)c(C)cc3c3cc(C)c(C)cc3c2cc1C.Cc1cc2sc3c(c2cc1C)c1sc2cc(C)c(C)cc2c1c1sc2cc(C)c(C)cc2c31. The van der Waals surface area contributed by atoms with Crippen LogP contribution in [0.2, 0.25) is 0 Å². The monoisotopic (exact) mass is 1990 g/mol. The molecule has 1 saturated heterocycles. The third kappa shape index (κ3) is 18.7. The maximum atomic E-state index is 5.13. The summed E-state index contributed by atoms with van der Waals surface area (Å²) in [5.41, 5.74) is 59.2. The molecular weight excluding hydrogens is 1830 g/mol. The molecule has 12 aromatic carbocycles. The zero-order valence-electron chi connectivity index (χ0n) is 93.3. The van der Waals surface area contributed by atoms with E-state index in [0.717, 1.165) is 132 Å². The summed E-state index contributed by atoms with van der Waals surface area (Å²) in [6, 6.07) is 43.7. The number of aliphatic imine (C=N–C) groups is 2.